The molecule has 1 aromatic carbocycles. The van der Waals surface area contributed by atoms with Gasteiger partial charge in [-0.2, -0.15) is 0 Å². The van der Waals surface area contributed by atoms with E-state index in [1.807, 2.05) is 0 Å². The third-order valence-corrected chi connectivity index (χ3v) is 2.45. The molecule has 0 atom stereocenters. The molecule has 82 valence electrons. The number of rotatable bonds is 3. The van der Waals surface area contributed by atoms with Crippen LogP contribution in [0.5, 0.6) is 11.5 Å². The molecule has 0 aromatic heterocycles. The molecule has 0 amide bonds. The van der Waals surface area contributed by atoms with Crippen molar-refractivity contribution in [3.05, 3.63) is 29.7 Å². The van der Waals surface area contributed by atoms with Crippen LogP contribution in [-0.2, 0) is 0 Å². The van der Waals surface area contributed by atoms with Crippen molar-refractivity contribution in [3.8, 4) is 11.5 Å². The minimum absolute atomic E-state index is 0. The number of benzene rings is 1. The van der Waals surface area contributed by atoms with E-state index in [4.69, 9.17) is 9.94 Å². The number of piperidine rings is 1. The van der Waals surface area contributed by atoms with Gasteiger partial charge in [-0.15, -0.1) is 6.04 Å². The fourth-order valence-electron chi connectivity index (χ4n) is 1.55. The van der Waals surface area contributed by atoms with Crippen molar-refractivity contribution < 1.29 is 61.3 Å². The normalized spacial score (nSPS) is 16.5. The molecular formula is C11H15KN2O2. The summed E-state index contributed by atoms with van der Waals surface area (Å²) < 4.78 is 0. The summed E-state index contributed by atoms with van der Waals surface area (Å²) in [6.45, 7) is 2.01. The molecule has 16 heavy (non-hydrogen) atoms. The molecule has 2 rings (SSSR count). The van der Waals surface area contributed by atoms with Crippen LogP contribution in [0, 0.1) is 0 Å². The van der Waals surface area contributed by atoms with Crippen molar-refractivity contribution in [1.82, 2.24) is 5.32 Å². The molecule has 0 spiro atoms. The van der Waals surface area contributed by atoms with E-state index < -0.39 is 0 Å². The summed E-state index contributed by atoms with van der Waals surface area (Å²) in [5, 5.41) is 12.4. The summed E-state index contributed by atoms with van der Waals surface area (Å²) in [6.07, 6.45) is 2.05. The van der Waals surface area contributed by atoms with Crippen LogP contribution in [-0.4, -0.2) is 24.2 Å². The fourth-order valence-corrected chi connectivity index (χ4v) is 1.55. The molecule has 2 N–H and O–H groups in total. The number of hydrogen-bond donors (Lipinski definition) is 2. The Labute approximate surface area is 138 Å². The van der Waals surface area contributed by atoms with Crippen LogP contribution in [0.3, 0.4) is 0 Å². The Morgan fingerprint density at radius 3 is 2.44 bits per heavy atom. The Morgan fingerprint density at radius 1 is 1.19 bits per heavy atom. The molecule has 4 nitrogen and oxygen atoms in total. The standard InChI is InChI=1S/C11H15N2O2.K/c14-10-1-3-11(4-2-10)15-13-9-5-7-12-8-6-9;/h1-4,9,12,14H,5-8H2;/q-1;+1. The van der Waals surface area contributed by atoms with E-state index >= 15 is 0 Å². The Kier molecular flexibility index (Phi) is 6.91. The zero-order valence-corrected chi connectivity index (χ0v) is 12.6. The predicted octanol–water partition coefficient (Wildman–Crippen LogP) is -1.18. The second kappa shape index (κ2) is 7.65. The van der Waals surface area contributed by atoms with E-state index in [0.29, 0.717) is 11.8 Å². The van der Waals surface area contributed by atoms with Gasteiger partial charge < -0.3 is 20.7 Å². The van der Waals surface area contributed by atoms with Crippen molar-refractivity contribution >= 4 is 0 Å². The minimum Gasteiger partial charge on any atom is -0.587 e. The molecule has 1 aromatic rings. The largest absolute Gasteiger partial charge is 1.00 e. The third-order valence-electron chi connectivity index (χ3n) is 2.45. The number of nitrogens with zero attached hydrogens (tertiary/aromatic N) is 1. The van der Waals surface area contributed by atoms with Crippen LogP contribution in [0.25, 0.3) is 5.48 Å². The monoisotopic (exact) mass is 246 g/mol. The SMILES string of the molecule is Oc1ccc(O[N-]C2CCNCC2)cc1.[K+]. The van der Waals surface area contributed by atoms with Crippen LogP contribution in [0.1, 0.15) is 12.8 Å². The van der Waals surface area contributed by atoms with Crippen LogP contribution < -0.4 is 61.5 Å². The average molecular weight is 246 g/mol. The minimum atomic E-state index is 0. The first-order chi connectivity index (χ1) is 7.34. The number of hydroxylamine groups is 1. The molecule has 1 saturated heterocycles. The van der Waals surface area contributed by atoms with Gasteiger partial charge in [0.2, 0.25) is 0 Å². The van der Waals surface area contributed by atoms with Crippen LogP contribution in [0.15, 0.2) is 24.3 Å². The van der Waals surface area contributed by atoms with Crippen molar-refractivity contribution in [2.75, 3.05) is 13.1 Å². The topological polar surface area (TPSA) is 55.6 Å². The maximum atomic E-state index is 9.08. The van der Waals surface area contributed by atoms with E-state index in [1.165, 1.54) is 0 Å². The smallest absolute Gasteiger partial charge is 0.587 e. The van der Waals surface area contributed by atoms with Gasteiger partial charge >= 0.3 is 51.4 Å². The van der Waals surface area contributed by atoms with E-state index in [-0.39, 0.29) is 57.1 Å². The van der Waals surface area contributed by atoms with Gasteiger partial charge in [0.15, 0.2) is 0 Å². The number of nitrogens with one attached hydrogen (secondary N) is 1. The molecule has 0 bridgehead atoms. The van der Waals surface area contributed by atoms with Gasteiger partial charge in [0.1, 0.15) is 11.5 Å². The van der Waals surface area contributed by atoms with Crippen molar-refractivity contribution in [2.45, 2.75) is 18.9 Å². The molecule has 0 unspecified atom stereocenters. The first-order valence-electron chi connectivity index (χ1n) is 5.21. The van der Waals surface area contributed by atoms with Crippen molar-refractivity contribution in [2.24, 2.45) is 0 Å². The third kappa shape index (κ3) is 4.71. The summed E-state index contributed by atoms with van der Waals surface area (Å²) in [6, 6.07) is 6.89. The summed E-state index contributed by atoms with van der Waals surface area (Å²) in [7, 11) is 0. The van der Waals surface area contributed by atoms with Gasteiger partial charge in [0, 0.05) is 0 Å². The van der Waals surface area contributed by atoms with Gasteiger partial charge in [-0.3, -0.25) is 0 Å². The summed E-state index contributed by atoms with van der Waals surface area (Å²) in [5.74, 6) is 0.913. The molecule has 0 saturated carbocycles. The molecule has 0 aliphatic carbocycles. The van der Waals surface area contributed by atoms with Crippen LogP contribution in [0.2, 0.25) is 0 Å². The van der Waals surface area contributed by atoms with Gasteiger partial charge in [0.25, 0.3) is 0 Å². The zero-order chi connectivity index (χ0) is 10.5. The first-order valence-corrected chi connectivity index (χ1v) is 5.21. The van der Waals surface area contributed by atoms with Crippen LogP contribution in [0.4, 0.5) is 0 Å². The van der Waals surface area contributed by atoms with Gasteiger partial charge in [-0.05, 0) is 37.4 Å². The molecule has 1 aliphatic heterocycles. The van der Waals surface area contributed by atoms with Crippen LogP contribution >= 0.6 is 0 Å². The van der Waals surface area contributed by atoms with Gasteiger partial charge in [-0.25, -0.2) is 0 Å². The van der Waals surface area contributed by atoms with E-state index in [0.717, 1.165) is 25.9 Å². The fraction of sp³-hybridized carbons (Fsp3) is 0.455. The predicted molar refractivity (Wildman–Crippen MR) is 58.0 cm³/mol. The molecular weight excluding hydrogens is 231 g/mol. The summed E-state index contributed by atoms with van der Waals surface area (Å²) >= 11 is 0. The summed E-state index contributed by atoms with van der Waals surface area (Å²) in [4.78, 5) is 5.29. The Morgan fingerprint density at radius 2 is 1.81 bits per heavy atom. The van der Waals surface area contributed by atoms with E-state index in [2.05, 4.69) is 10.8 Å². The quantitative estimate of drug-likeness (QED) is 0.521. The Hall–Kier alpha value is 0.376. The second-order valence-electron chi connectivity index (χ2n) is 3.67. The average Bonchev–Trinajstić information content (AvgIpc) is 2.30. The molecule has 1 heterocycles. The summed E-state index contributed by atoms with van der Waals surface area (Å²) in [5.41, 5.74) is 4.16. The Bertz CT molecular complexity index is 299. The molecule has 1 fully saturated rings. The Balaban J connectivity index is 0.00000128. The molecule has 0 radical (unpaired) electrons. The van der Waals surface area contributed by atoms with Gasteiger partial charge in [0.05, 0.1) is 0 Å². The number of hydrogen-bond acceptors (Lipinski definition) is 3. The first kappa shape index (κ1) is 14.4. The number of phenolic OH excluding ortho intramolecular Hbond substituents is 1. The van der Waals surface area contributed by atoms with E-state index in [9.17, 15) is 0 Å². The maximum absolute atomic E-state index is 9.08. The maximum Gasteiger partial charge on any atom is 1.00 e. The number of phenols is 1. The number of aromatic hydroxyl groups is 1. The van der Waals surface area contributed by atoms with Gasteiger partial charge in [-0.1, -0.05) is 12.8 Å². The van der Waals surface area contributed by atoms with Crippen molar-refractivity contribution in [3.63, 3.8) is 0 Å². The van der Waals surface area contributed by atoms with E-state index in [1.54, 1.807) is 24.3 Å². The zero-order valence-electron chi connectivity index (χ0n) is 9.52. The molecule has 1 aliphatic rings. The molecule has 5 heteroatoms. The van der Waals surface area contributed by atoms with Crippen molar-refractivity contribution in [1.29, 1.82) is 0 Å². The second-order valence-corrected chi connectivity index (χ2v) is 3.67.